The zero-order chi connectivity index (χ0) is 12.4. The molecule has 0 aromatic carbocycles. The van der Waals surface area contributed by atoms with Crippen molar-refractivity contribution in [3.8, 4) is 0 Å². The van der Waals surface area contributed by atoms with Crippen LogP contribution in [0.25, 0.3) is 0 Å². The predicted molar refractivity (Wildman–Crippen MR) is 71.8 cm³/mol. The molecule has 0 spiro atoms. The topological polar surface area (TPSA) is 29.1 Å². The van der Waals surface area contributed by atoms with Gasteiger partial charge in [0, 0.05) is 16.8 Å². The second-order valence-corrected chi connectivity index (χ2v) is 7.04. The molecule has 1 N–H and O–H groups in total. The van der Waals surface area contributed by atoms with Gasteiger partial charge < -0.3 is 5.32 Å². The number of nitrogens with one attached hydrogen (secondary N) is 1. The smallest absolute Gasteiger partial charge is 0.224 e. The third-order valence-corrected chi connectivity index (χ3v) is 4.15. The van der Waals surface area contributed by atoms with E-state index in [4.69, 9.17) is 0 Å². The molecule has 0 aromatic heterocycles. The normalized spacial score (nSPS) is 24.4. The highest BCUT2D eigenvalue weighted by molar-refractivity contribution is 9.09. The summed E-state index contributed by atoms with van der Waals surface area (Å²) in [6.07, 6.45) is 4.36. The van der Waals surface area contributed by atoms with Gasteiger partial charge in [-0.2, -0.15) is 0 Å². The fourth-order valence-electron chi connectivity index (χ4n) is 2.53. The molecule has 1 saturated carbocycles. The van der Waals surface area contributed by atoms with Gasteiger partial charge in [-0.15, -0.1) is 0 Å². The van der Waals surface area contributed by atoms with E-state index in [-0.39, 0.29) is 22.8 Å². The fourth-order valence-corrected chi connectivity index (χ4v) is 3.52. The lowest BCUT2D eigenvalue weighted by molar-refractivity contribution is -0.129. The number of rotatable bonds is 4. The largest absolute Gasteiger partial charge is 0.351 e. The van der Waals surface area contributed by atoms with Gasteiger partial charge in [0.25, 0.3) is 0 Å². The third kappa shape index (κ3) is 3.47. The average molecular weight is 290 g/mol. The Morgan fingerprint density at radius 3 is 2.56 bits per heavy atom. The summed E-state index contributed by atoms with van der Waals surface area (Å²) in [6.45, 7) is 8.60. The van der Waals surface area contributed by atoms with E-state index in [1.807, 2.05) is 0 Å². The van der Waals surface area contributed by atoms with E-state index in [0.29, 0.717) is 0 Å². The van der Waals surface area contributed by atoms with Crippen molar-refractivity contribution in [1.82, 2.24) is 5.32 Å². The van der Waals surface area contributed by atoms with Gasteiger partial charge in [0.2, 0.25) is 5.91 Å². The van der Waals surface area contributed by atoms with Gasteiger partial charge in [-0.1, -0.05) is 36.2 Å². The van der Waals surface area contributed by atoms with Gasteiger partial charge in [0.15, 0.2) is 0 Å². The van der Waals surface area contributed by atoms with Gasteiger partial charge in [0.05, 0.1) is 0 Å². The van der Waals surface area contributed by atoms with Crippen LogP contribution >= 0.6 is 15.9 Å². The van der Waals surface area contributed by atoms with Crippen molar-refractivity contribution < 1.29 is 4.79 Å². The summed E-state index contributed by atoms with van der Waals surface area (Å²) in [5.41, 5.74) is 0.0772. The number of hydrogen-bond acceptors (Lipinski definition) is 1. The van der Waals surface area contributed by atoms with Crippen molar-refractivity contribution in [2.75, 3.05) is 5.33 Å². The minimum atomic E-state index is -0.0980. The van der Waals surface area contributed by atoms with Crippen LogP contribution < -0.4 is 5.32 Å². The van der Waals surface area contributed by atoms with Gasteiger partial charge in [-0.3, -0.25) is 4.79 Å². The van der Waals surface area contributed by atoms with Crippen molar-refractivity contribution in [1.29, 1.82) is 0 Å². The summed E-state index contributed by atoms with van der Waals surface area (Å²) < 4.78 is 0. The van der Waals surface area contributed by atoms with Crippen LogP contribution in [0.1, 0.15) is 53.4 Å². The minimum Gasteiger partial charge on any atom is -0.351 e. The summed E-state index contributed by atoms with van der Waals surface area (Å²) in [7, 11) is 0. The second-order valence-electron chi connectivity index (χ2n) is 6.25. The van der Waals surface area contributed by atoms with Crippen LogP contribution in [-0.4, -0.2) is 16.8 Å². The van der Waals surface area contributed by atoms with Crippen LogP contribution in [-0.2, 0) is 4.79 Å². The maximum Gasteiger partial charge on any atom is 0.224 e. The van der Waals surface area contributed by atoms with E-state index in [9.17, 15) is 4.79 Å². The molecule has 0 saturated heterocycles. The molecule has 94 valence electrons. The van der Waals surface area contributed by atoms with Crippen LogP contribution in [0.2, 0.25) is 0 Å². The summed E-state index contributed by atoms with van der Waals surface area (Å²) in [5, 5.41) is 4.11. The highest BCUT2D eigenvalue weighted by atomic mass is 79.9. The lowest BCUT2D eigenvalue weighted by Gasteiger charge is -2.31. The van der Waals surface area contributed by atoms with Crippen molar-refractivity contribution in [2.24, 2.45) is 11.3 Å². The number of hydrogen-bond donors (Lipinski definition) is 1. The molecular formula is C13H24BrNO. The molecule has 0 heterocycles. The highest BCUT2D eigenvalue weighted by Crippen LogP contribution is 2.42. The van der Waals surface area contributed by atoms with Crippen molar-refractivity contribution >= 4 is 21.8 Å². The Labute approximate surface area is 108 Å². The monoisotopic (exact) mass is 289 g/mol. The number of amides is 1. The second kappa shape index (κ2) is 5.07. The molecule has 1 fully saturated rings. The third-order valence-electron chi connectivity index (χ3n) is 3.75. The first-order valence-electron chi connectivity index (χ1n) is 6.16. The van der Waals surface area contributed by atoms with Crippen molar-refractivity contribution in [3.05, 3.63) is 0 Å². The maximum atomic E-state index is 12.2. The SMILES string of the molecule is CC(C)(CCBr)NC(=O)C1CCCC1(C)C. The Bertz CT molecular complexity index is 261. The first-order chi connectivity index (χ1) is 7.28. The Balaban J connectivity index is 2.59. The average Bonchev–Trinajstić information content (AvgIpc) is 2.43. The summed E-state index contributed by atoms with van der Waals surface area (Å²) in [4.78, 5) is 12.2. The predicted octanol–water partition coefficient (Wildman–Crippen LogP) is 3.49. The molecule has 1 unspecified atom stereocenters. The Hall–Kier alpha value is -0.0500. The maximum absolute atomic E-state index is 12.2. The van der Waals surface area contributed by atoms with Crippen LogP contribution in [0.5, 0.6) is 0 Å². The molecule has 0 radical (unpaired) electrons. The number of carbonyl (C=O) groups is 1. The molecule has 0 bridgehead atoms. The summed E-state index contributed by atoms with van der Waals surface area (Å²) in [5.74, 6) is 0.440. The standard InChI is InChI=1S/C13H24BrNO/c1-12(2)7-5-6-10(12)11(16)15-13(3,4)8-9-14/h10H,5-9H2,1-4H3,(H,15,16). The van der Waals surface area contributed by atoms with Crippen molar-refractivity contribution in [3.63, 3.8) is 0 Å². The Kier molecular flexibility index (Phi) is 4.44. The lowest BCUT2D eigenvalue weighted by atomic mass is 9.81. The zero-order valence-electron chi connectivity index (χ0n) is 10.9. The van der Waals surface area contributed by atoms with E-state index in [2.05, 4.69) is 48.9 Å². The Morgan fingerprint density at radius 1 is 1.50 bits per heavy atom. The van der Waals surface area contributed by atoms with E-state index >= 15 is 0 Å². The quantitative estimate of drug-likeness (QED) is 0.789. The van der Waals surface area contributed by atoms with Crippen LogP contribution in [0, 0.1) is 11.3 Å². The molecule has 2 nitrogen and oxygen atoms in total. The highest BCUT2D eigenvalue weighted by Gasteiger charge is 2.40. The number of halogens is 1. The zero-order valence-corrected chi connectivity index (χ0v) is 12.5. The van der Waals surface area contributed by atoms with E-state index in [0.717, 1.165) is 18.2 Å². The lowest BCUT2D eigenvalue weighted by Crippen LogP contribution is -2.48. The molecule has 1 aliphatic carbocycles. The van der Waals surface area contributed by atoms with Crippen LogP contribution in [0.4, 0.5) is 0 Å². The van der Waals surface area contributed by atoms with E-state index in [1.165, 1.54) is 12.8 Å². The van der Waals surface area contributed by atoms with Crippen molar-refractivity contribution in [2.45, 2.75) is 58.9 Å². The first-order valence-corrected chi connectivity index (χ1v) is 7.29. The minimum absolute atomic E-state index is 0.0980. The molecule has 3 heteroatoms. The molecule has 1 amide bonds. The van der Waals surface area contributed by atoms with Gasteiger partial charge >= 0.3 is 0 Å². The molecule has 1 aliphatic rings. The van der Waals surface area contributed by atoms with Crippen LogP contribution in [0.3, 0.4) is 0 Å². The fraction of sp³-hybridized carbons (Fsp3) is 0.923. The molecule has 0 aliphatic heterocycles. The molecule has 1 atom stereocenters. The molecular weight excluding hydrogens is 266 g/mol. The number of alkyl halides is 1. The molecule has 16 heavy (non-hydrogen) atoms. The van der Waals surface area contributed by atoms with E-state index in [1.54, 1.807) is 0 Å². The van der Waals surface area contributed by atoms with E-state index < -0.39 is 0 Å². The first kappa shape index (κ1) is 14.0. The summed E-state index contributed by atoms with van der Waals surface area (Å²) in [6, 6.07) is 0. The van der Waals surface area contributed by atoms with Gasteiger partial charge in [-0.25, -0.2) is 0 Å². The molecule has 1 rings (SSSR count). The summed E-state index contributed by atoms with van der Waals surface area (Å²) >= 11 is 3.43. The van der Waals surface area contributed by atoms with Gasteiger partial charge in [-0.05, 0) is 38.5 Å². The molecule has 0 aromatic rings. The number of carbonyl (C=O) groups excluding carboxylic acids is 1. The van der Waals surface area contributed by atoms with Crippen LogP contribution in [0.15, 0.2) is 0 Å². The Morgan fingerprint density at radius 2 is 2.12 bits per heavy atom. The van der Waals surface area contributed by atoms with Gasteiger partial charge in [0.1, 0.15) is 0 Å².